The van der Waals surface area contributed by atoms with Gasteiger partial charge in [0.1, 0.15) is 11.5 Å². The first-order chi connectivity index (χ1) is 8.72. The molecule has 0 spiro atoms. The highest BCUT2D eigenvalue weighted by Crippen LogP contribution is 2.27. The number of benzene rings is 1. The fraction of sp³-hybridized carbons (Fsp3) is 0.600. The van der Waals surface area contributed by atoms with Crippen molar-refractivity contribution >= 4 is 0 Å². The number of hydrogen-bond acceptors (Lipinski definition) is 3. The summed E-state index contributed by atoms with van der Waals surface area (Å²) in [5.74, 6) is 2.60. The summed E-state index contributed by atoms with van der Waals surface area (Å²) >= 11 is 0. The van der Waals surface area contributed by atoms with Crippen LogP contribution in [-0.4, -0.2) is 20.3 Å². The fourth-order valence-electron chi connectivity index (χ4n) is 2.64. The lowest BCUT2D eigenvalue weighted by molar-refractivity contribution is 0.388. The van der Waals surface area contributed by atoms with Crippen molar-refractivity contribution in [3.63, 3.8) is 0 Å². The molecular weight excluding hydrogens is 226 g/mol. The highest BCUT2D eigenvalue weighted by atomic mass is 16.5. The van der Waals surface area contributed by atoms with Crippen LogP contribution in [0.25, 0.3) is 0 Å². The number of methoxy groups -OCH3 is 2. The van der Waals surface area contributed by atoms with Crippen molar-refractivity contribution in [1.29, 1.82) is 0 Å². The highest BCUT2D eigenvalue weighted by Gasteiger charge is 2.20. The van der Waals surface area contributed by atoms with Gasteiger partial charge >= 0.3 is 0 Å². The molecule has 0 saturated heterocycles. The van der Waals surface area contributed by atoms with Gasteiger partial charge in [0, 0.05) is 24.2 Å². The first-order valence-electron chi connectivity index (χ1n) is 6.67. The van der Waals surface area contributed by atoms with Crippen LogP contribution < -0.4 is 14.8 Å². The van der Waals surface area contributed by atoms with Crippen molar-refractivity contribution in [1.82, 2.24) is 5.32 Å². The van der Waals surface area contributed by atoms with Crippen LogP contribution in [0, 0.1) is 5.92 Å². The van der Waals surface area contributed by atoms with E-state index in [9.17, 15) is 0 Å². The molecule has 0 heterocycles. The summed E-state index contributed by atoms with van der Waals surface area (Å²) in [6.07, 6.45) is 3.93. The molecule has 1 N–H and O–H groups in total. The summed E-state index contributed by atoms with van der Waals surface area (Å²) in [5, 5.41) is 3.62. The Morgan fingerprint density at radius 2 is 2.06 bits per heavy atom. The monoisotopic (exact) mass is 249 g/mol. The zero-order valence-corrected chi connectivity index (χ0v) is 11.5. The van der Waals surface area contributed by atoms with Crippen molar-refractivity contribution in [2.24, 2.45) is 5.92 Å². The van der Waals surface area contributed by atoms with Gasteiger partial charge in [-0.1, -0.05) is 13.0 Å². The molecule has 18 heavy (non-hydrogen) atoms. The third-order valence-electron chi connectivity index (χ3n) is 3.77. The van der Waals surface area contributed by atoms with Crippen LogP contribution >= 0.6 is 0 Å². The van der Waals surface area contributed by atoms with E-state index in [0.717, 1.165) is 24.0 Å². The highest BCUT2D eigenvalue weighted by molar-refractivity contribution is 5.40. The van der Waals surface area contributed by atoms with Gasteiger partial charge in [0.25, 0.3) is 0 Å². The van der Waals surface area contributed by atoms with Crippen LogP contribution in [-0.2, 0) is 6.54 Å². The second-order valence-electron chi connectivity index (χ2n) is 5.17. The average Bonchev–Trinajstić information content (AvgIpc) is 2.82. The van der Waals surface area contributed by atoms with Gasteiger partial charge < -0.3 is 14.8 Å². The molecule has 1 aliphatic rings. The van der Waals surface area contributed by atoms with Crippen LogP contribution in [0.15, 0.2) is 18.2 Å². The Morgan fingerprint density at radius 1 is 1.22 bits per heavy atom. The maximum Gasteiger partial charge on any atom is 0.127 e. The van der Waals surface area contributed by atoms with E-state index >= 15 is 0 Å². The number of rotatable bonds is 5. The van der Waals surface area contributed by atoms with Gasteiger partial charge in [0.2, 0.25) is 0 Å². The first-order valence-corrected chi connectivity index (χ1v) is 6.67. The normalized spacial score (nSPS) is 23.1. The molecule has 1 aromatic carbocycles. The molecule has 1 aromatic rings. The van der Waals surface area contributed by atoms with E-state index in [1.54, 1.807) is 14.2 Å². The van der Waals surface area contributed by atoms with Crippen LogP contribution in [0.5, 0.6) is 11.5 Å². The maximum atomic E-state index is 5.40. The first kappa shape index (κ1) is 13.2. The van der Waals surface area contributed by atoms with Gasteiger partial charge in [0.05, 0.1) is 14.2 Å². The number of ether oxygens (including phenoxy) is 2. The number of nitrogens with one attached hydrogen (secondary N) is 1. The van der Waals surface area contributed by atoms with E-state index in [2.05, 4.69) is 18.3 Å². The molecule has 2 unspecified atom stereocenters. The van der Waals surface area contributed by atoms with Gasteiger partial charge in [-0.25, -0.2) is 0 Å². The van der Waals surface area contributed by atoms with Gasteiger partial charge in [-0.2, -0.15) is 0 Å². The molecule has 0 bridgehead atoms. The molecule has 1 fully saturated rings. The van der Waals surface area contributed by atoms with Crippen molar-refractivity contribution in [3.8, 4) is 11.5 Å². The summed E-state index contributed by atoms with van der Waals surface area (Å²) < 4.78 is 10.6. The predicted octanol–water partition coefficient (Wildman–Crippen LogP) is 2.98. The van der Waals surface area contributed by atoms with E-state index in [0.29, 0.717) is 6.04 Å². The molecule has 3 nitrogen and oxygen atoms in total. The van der Waals surface area contributed by atoms with Gasteiger partial charge in [0.15, 0.2) is 0 Å². The van der Waals surface area contributed by atoms with Crippen LogP contribution in [0.3, 0.4) is 0 Å². The molecular formula is C15H23NO2. The van der Waals surface area contributed by atoms with Crippen molar-refractivity contribution < 1.29 is 9.47 Å². The second-order valence-corrected chi connectivity index (χ2v) is 5.17. The summed E-state index contributed by atoms with van der Waals surface area (Å²) in [5.41, 5.74) is 1.19. The fourth-order valence-corrected chi connectivity index (χ4v) is 2.64. The Hall–Kier alpha value is -1.22. The Kier molecular flexibility index (Phi) is 4.48. The Labute approximate surface area is 109 Å². The van der Waals surface area contributed by atoms with E-state index in [-0.39, 0.29) is 0 Å². The van der Waals surface area contributed by atoms with Crippen LogP contribution in [0.1, 0.15) is 31.7 Å². The summed E-state index contributed by atoms with van der Waals surface area (Å²) in [7, 11) is 3.38. The predicted molar refractivity (Wildman–Crippen MR) is 73.2 cm³/mol. The van der Waals surface area contributed by atoms with Crippen molar-refractivity contribution in [2.45, 2.75) is 38.8 Å². The molecule has 3 heteroatoms. The van der Waals surface area contributed by atoms with Gasteiger partial charge in [-0.15, -0.1) is 0 Å². The molecule has 2 atom stereocenters. The lowest BCUT2D eigenvalue weighted by atomic mass is 10.1. The summed E-state index contributed by atoms with van der Waals surface area (Å²) in [6, 6.07) is 6.65. The lowest BCUT2D eigenvalue weighted by Crippen LogP contribution is -2.25. The zero-order chi connectivity index (χ0) is 13.0. The molecule has 1 saturated carbocycles. The van der Waals surface area contributed by atoms with Crippen molar-refractivity contribution in [3.05, 3.63) is 23.8 Å². The second kappa shape index (κ2) is 6.10. The van der Waals surface area contributed by atoms with E-state index in [1.165, 1.54) is 24.8 Å². The molecule has 100 valence electrons. The smallest absolute Gasteiger partial charge is 0.127 e. The van der Waals surface area contributed by atoms with E-state index in [1.807, 2.05) is 12.1 Å². The maximum absolute atomic E-state index is 5.40. The third kappa shape index (κ3) is 3.16. The number of hydrogen-bond donors (Lipinski definition) is 1. The molecule has 0 radical (unpaired) electrons. The van der Waals surface area contributed by atoms with Crippen LogP contribution in [0.2, 0.25) is 0 Å². The molecule has 2 rings (SSSR count). The zero-order valence-electron chi connectivity index (χ0n) is 11.5. The average molecular weight is 249 g/mol. The molecule has 0 aromatic heterocycles. The van der Waals surface area contributed by atoms with Gasteiger partial charge in [-0.05, 0) is 31.2 Å². The van der Waals surface area contributed by atoms with Crippen molar-refractivity contribution in [2.75, 3.05) is 14.2 Å². The topological polar surface area (TPSA) is 30.5 Å². The van der Waals surface area contributed by atoms with Gasteiger partial charge in [-0.3, -0.25) is 0 Å². The molecule has 1 aliphatic carbocycles. The minimum atomic E-state index is 0.659. The minimum absolute atomic E-state index is 0.659. The Morgan fingerprint density at radius 3 is 2.67 bits per heavy atom. The lowest BCUT2D eigenvalue weighted by Gasteiger charge is -2.15. The minimum Gasteiger partial charge on any atom is -0.497 e. The largest absolute Gasteiger partial charge is 0.497 e. The quantitative estimate of drug-likeness (QED) is 0.870. The molecule has 0 amide bonds. The Bertz CT molecular complexity index is 392. The summed E-state index contributed by atoms with van der Waals surface area (Å²) in [6.45, 7) is 3.19. The van der Waals surface area contributed by atoms with Crippen LogP contribution in [0.4, 0.5) is 0 Å². The summed E-state index contributed by atoms with van der Waals surface area (Å²) in [4.78, 5) is 0. The Balaban J connectivity index is 1.96. The standard InChI is InChI=1S/C15H23NO2/c1-11-4-6-13(8-11)16-10-12-5-7-14(17-2)9-15(12)18-3/h5,7,9,11,13,16H,4,6,8,10H2,1-3H3. The van der Waals surface area contributed by atoms with E-state index in [4.69, 9.17) is 9.47 Å². The third-order valence-corrected chi connectivity index (χ3v) is 3.77. The van der Waals surface area contributed by atoms with E-state index < -0.39 is 0 Å². The molecule has 0 aliphatic heterocycles. The SMILES string of the molecule is COc1ccc(CNC2CCC(C)C2)c(OC)c1.